The van der Waals surface area contributed by atoms with Crippen LogP contribution in [0.3, 0.4) is 0 Å². The van der Waals surface area contributed by atoms with Crippen LogP contribution >= 0.6 is 0 Å². The molecule has 0 aromatic heterocycles. The quantitative estimate of drug-likeness (QED) is 0.679. The van der Waals surface area contributed by atoms with Crippen LogP contribution in [0.1, 0.15) is 20.8 Å². The number of ether oxygens (including phenoxy) is 1. The number of urea groups is 1. The Morgan fingerprint density at radius 3 is 2.15 bits per heavy atom. The molecule has 0 N–H and O–H groups in total. The Bertz CT molecular complexity index is 401. The van der Waals surface area contributed by atoms with E-state index in [-0.39, 0.29) is 18.7 Å². The lowest BCUT2D eigenvalue weighted by atomic mass is 10.2. The first-order chi connectivity index (χ1) is 9.24. The number of amides is 3. The van der Waals surface area contributed by atoms with Crippen molar-refractivity contribution >= 4 is 12.1 Å². The highest BCUT2D eigenvalue weighted by atomic mass is 16.6. The van der Waals surface area contributed by atoms with Gasteiger partial charge in [0.1, 0.15) is 5.60 Å². The lowest BCUT2D eigenvalue weighted by molar-refractivity contribution is 0.0161. The summed E-state index contributed by atoms with van der Waals surface area (Å²) in [5.41, 5.74) is -0.503. The summed E-state index contributed by atoms with van der Waals surface area (Å²) in [5, 5.41) is 0. The second kappa shape index (κ2) is 6.51. The second-order valence-electron chi connectivity index (χ2n) is 5.80. The van der Waals surface area contributed by atoms with Crippen molar-refractivity contribution < 1.29 is 14.3 Å². The van der Waals surface area contributed by atoms with Gasteiger partial charge in [0.2, 0.25) is 0 Å². The van der Waals surface area contributed by atoms with Crippen LogP contribution in [0.15, 0.2) is 0 Å². The minimum absolute atomic E-state index is 0.105. The predicted octanol–water partition coefficient (Wildman–Crippen LogP) is 1.22. The maximum Gasteiger partial charge on any atom is 0.410 e. The predicted molar refractivity (Wildman–Crippen MR) is 76.2 cm³/mol. The van der Waals surface area contributed by atoms with Crippen LogP contribution in [0, 0.1) is 12.3 Å². The summed E-state index contributed by atoms with van der Waals surface area (Å²) in [7, 11) is 1.67. The SMILES string of the molecule is C#CCN(C)C(=O)N1CCN(C(=O)OC(C)(C)C)CC1. The van der Waals surface area contributed by atoms with Crippen molar-refractivity contribution in [3.63, 3.8) is 0 Å². The fraction of sp³-hybridized carbons (Fsp3) is 0.714. The minimum Gasteiger partial charge on any atom is -0.444 e. The minimum atomic E-state index is -0.503. The molecule has 0 aromatic rings. The van der Waals surface area contributed by atoms with Gasteiger partial charge in [0.25, 0.3) is 0 Å². The molecule has 0 aliphatic carbocycles. The highest BCUT2D eigenvalue weighted by Gasteiger charge is 2.28. The molecule has 0 unspecified atom stereocenters. The number of carbonyl (C=O) groups is 2. The van der Waals surface area contributed by atoms with Gasteiger partial charge < -0.3 is 19.4 Å². The number of rotatable bonds is 1. The first-order valence-corrected chi connectivity index (χ1v) is 6.66. The molecular formula is C14H23N3O3. The second-order valence-corrected chi connectivity index (χ2v) is 5.80. The summed E-state index contributed by atoms with van der Waals surface area (Å²) in [6.07, 6.45) is 4.85. The van der Waals surface area contributed by atoms with Gasteiger partial charge in [0.05, 0.1) is 6.54 Å². The van der Waals surface area contributed by atoms with Gasteiger partial charge >= 0.3 is 12.1 Å². The third-order valence-electron chi connectivity index (χ3n) is 2.86. The summed E-state index contributed by atoms with van der Waals surface area (Å²) < 4.78 is 5.31. The molecule has 112 valence electrons. The average molecular weight is 281 g/mol. The molecule has 1 heterocycles. The van der Waals surface area contributed by atoms with E-state index in [1.54, 1.807) is 16.8 Å². The molecule has 0 spiro atoms. The third kappa shape index (κ3) is 4.65. The Kier molecular flexibility index (Phi) is 5.26. The van der Waals surface area contributed by atoms with Crippen LogP contribution in [0.25, 0.3) is 0 Å². The van der Waals surface area contributed by atoms with Gasteiger partial charge in [-0.2, -0.15) is 0 Å². The summed E-state index contributed by atoms with van der Waals surface area (Å²) in [6.45, 7) is 7.72. The van der Waals surface area contributed by atoms with E-state index < -0.39 is 5.60 Å². The molecule has 0 radical (unpaired) electrons. The van der Waals surface area contributed by atoms with E-state index in [4.69, 9.17) is 11.2 Å². The van der Waals surface area contributed by atoms with E-state index in [9.17, 15) is 9.59 Å². The Morgan fingerprint density at radius 2 is 1.70 bits per heavy atom. The molecule has 1 rings (SSSR count). The highest BCUT2D eigenvalue weighted by molar-refractivity contribution is 5.75. The normalized spacial score (nSPS) is 15.6. The van der Waals surface area contributed by atoms with Crippen LogP contribution in [0.2, 0.25) is 0 Å². The standard InChI is InChI=1S/C14H23N3O3/c1-6-7-15(5)12(18)16-8-10-17(11-9-16)13(19)20-14(2,3)4/h1H,7-11H2,2-5H3. The molecule has 6 heteroatoms. The van der Waals surface area contributed by atoms with Gasteiger partial charge in [0, 0.05) is 33.2 Å². The zero-order valence-electron chi connectivity index (χ0n) is 12.7. The maximum absolute atomic E-state index is 12.0. The van der Waals surface area contributed by atoms with Crippen molar-refractivity contribution in [2.45, 2.75) is 26.4 Å². The molecule has 3 amide bonds. The number of piperazine rings is 1. The Morgan fingerprint density at radius 1 is 1.20 bits per heavy atom. The van der Waals surface area contributed by atoms with E-state index in [0.717, 1.165) is 0 Å². The Balaban J connectivity index is 2.46. The topological polar surface area (TPSA) is 53.1 Å². The largest absolute Gasteiger partial charge is 0.444 e. The summed E-state index contributed by atoms with van der Waals surface area (Å²) in [5.74, 6) is 2.43. The van der Waals surface area contributed by atoms with Gasteiger partial charge in [-0.3, -0.25) is 0 Å². The highest BCUT2D eigenvalue weighted by Crippen LogP contribution is 2.12. The van der Waals surface area contributed by atoms with Gasteiger partial charge in [-0.05, 0) is 20.8 Å². The average Bonchev–Trinajstić information content (AvgIpc) is 2.36. The fourth-order valence-corrected chi connectivity index (χ4v) is 1.85. The number of hydrogen-bond acceptors (Lipinski definition) is 3. The smallest absolute Gasteiger partial charge is 0.410 e. The maximum atomic E-state index is 12.0. The summed E-state index contributed by atoms with van der Waals surface area (Å²) >= 11 is 0. The molecule has 6 nitrogen and oxygen atoms in total. The summed E-state index contributed by atoms with van der Waals surface area (Å²) in [6, 6.07) is -0.105. The molecule has 1 fully saturated rings. The summed E-state index contributed by atoms with van der Waals surface area (Å²) in [4.78, 5) is 28.7. The van der Waals surface area contributed by atoms with Crippen molar-refractivity contribution in [1.29, 1.82) is 0 Å². The zero-order valence-corrected chi connectivity index (χ0v) is 12.7. The van der Waals surface area contributed by atoms with Crippen molar-refractivity contribution in [1.82, 2.24) is 14.7 Å². The van der Waals surface area contributed by atoms with Crippen molar-refractivity contribution in [3.8, 4) is 12.3 Å². The lowest BCUT2D eigenvalue weighted by Gasteiger charge is -2.36. The van der Waals surface area contributed by atoms with Crippen molar-refractivity contribution in [2.24, 2.45) is 0 Å². The molecule has 1 saturated heterocycles. The number of terminal acetylenes is 1. The van der Waals surface area contributed by atoms with Crippen LogP contribution < -0.4 is 0 Å². The Labute approximate surface area is 120 Å². The Hall–Kier alpha value is -1.90. The molecule has 1 aliphatic heterocycles. The number of nitrogens with zero attached hydrogens (tertiary/aromatic N) is 3. The van der Waals surface area contributed by atoms with Crippen LogP contribution in [0.5, 0.6) is 0 Å². The fourth-order valence-electron chi connectivity index (χ4n) is 1.85. The zero-order chi connectivity index (χ0) is 15.3. The monoisotopic (exact) mass is 281 g/mol. The molecule has 20 heavy (non-hydrogen) atoms. The lowest BCUT2D eigenvalue weighted by Crippen LogP contribution is -2.54. The van der Waals surface area contributed by atoms with Gasteiger partial charge in [-0.1, -0.05) is 5.92 Å². The molecule has 1 aliphatic rings. The molecule has 0 saturated carbocycles. The van der Waals surface area contributed by atoms with Gasteiger partial charge in [-0.25, -0.2) is 9.59 Å². The molecule has 0 aromatic carbocycles. The molecule has 0 bridgehead atoms. The van der Waals surface area contributed by atoms with Gasteiger partial charge in [0.15, 0.2) is 0 Å². The van der Waals surface area contributed by atoms with E-state index in [1.165, 1.54) is 4.90 Å². The first-order valence-electron chi connectivity index (χ1n) is 6.66. The van der Waals surface area contributed by atoms with Crippen LogP contribution in [0.4, 0.5) is 9.59 Å². The number of carbonyl (C=O) groups excluding carboxylic acids is 2. The van der Waals surface area contributed by atoms with E-state index >= 15 is 0 Å². The number of hydrogen-bond donors (Lipinski definition) is 0. The van der Waals surface area contributed by atoms with Crippen molar-refractivity contribution in [2.75, 3.05) is 39.8 Å². The van der Waals surface area contributed by atoms with Crippen LogP contribution in [-0.4, -0.2) is 72.2 Å². The first kappa shape index (κ1) is 16.2. The van der Waals surface area contributed by atoms with E-state index in [0.29, 0.717) is 26.2 Å². The molecular weight excluding hydrogens is 258 g/mol. The van der Waals surface area contributed by atoms with E-state index in [1.807, 2.05) is 20.8 Å². The van der Waals surface area contributed by atoms with Crippen molar-refractivity contribution in [3.05, 3.63) is 0 Å². The third-order valence-corrected chi connectivity index (χ3v) is 2.86. The van der Waals surface area contributed by atoms with Gasteiger partial charge in [-0.15, -0.1) is 6.42 Å². The molecule has 0 atom stereocenters. The van der Waals surface area contributed by atoms with E-state index in [2.05, 4.69) is 5.92 Å². The van der Waals surface area contributed by atoms with Crippen LogP contribution in [-0.2, 0) is 4.74 Å².